The van der Waals surface area contributed by atoms with Crippen LogP contribution in [0.3, 0.4) is 0 Å². The van der Waals surface area contributed by atoms with Crippen molar-refractivity contribution in [1.82, 2.24) is 4.98 Å². The van der Waals surface area contributed by atoms with Gasteiger partial charge in [-0.3, -0.25) is 4.98 Å². The summed E-state index contributed by atoms with van der Waals surface area (Å²) in [5.41, 5.74) is 3.34. The molecule has 1 aliphatic heterocycles. The number of halogens is 1. The van der Waals surface area contributed by atoms with Gasteiger partial charge in [0, 0.05) is 29.3 Å². The van der Waals surface area contributed by atoms with Gasteiger partial charge in [-0.25, -0.2) is 0 Å². The molecule has 130 valence electrons. The van der Waals surface area contributed by atoms with Crippen LogP contribution in [0, 0.1) is 11.3 Å². The molecule has 1 fully saturated rings. The van der Waals surface area contributed by atoms with Crippen LogP contribution in [0.25, 0.3) is 10.9 Å². The molecule has 1 aromatic heterocycles. The normalized spacial score (nSPS) is 19.8. The van der Waals surface area contributed by atoms with E-state index in [1.807, 2.05) is 36.4 Å². The van der Waals surface area contributed by atoms with E-state index in [9.17, 15) is 5.26 Å². The van der Waals surface area contributed by atoms with Crippen LogP contribution >= 0.6 is 11.6 Å². The van der Waals surface area contributed by atoms with Crippen molar-refractivity contribution in [2.45, 2.75) is 25.0 Å². The number of nitriles is 1. The summed E-state index contributed by atoms with van der Waals surface area (Å²) in [4.78, 5) is 4.36. The number of fused-ring (bicyclic) bond motifs is 1. The molecule has 2 unspecified atom stereocenters. The van der Waals surface area contributed by atoms with Crippen LogP contribution in [0.1, 0.15) is 30.1 Å². The standard InChI is InChI=1S/C21H18ClN3O/c22-16-6-7-19-18(10-16)21(15(12-23)13-24-19)25-17-8-9-26-20(11-17)14-4-2-1-3-5-14/h1-7,10,13,17,20H,8-9,11H2,(H,24,25). The van der Waals surface area contributed by atoms with Gasteiger partial charge in [-0.05, 0) is 36.6 Å². The lowest BCUT2D eigenvalue weighted by atomic mass is 9.96. The molecule has 4 rings (SSSR count). The number of rotatable bonds is 3. The van der Waals surface area contributed by atoms with E-state index in [4.69, 9.17) is 16.3 Å². The van der Waals surface area contributed by atoms with Gasteiger partial charge in [-0.15, -0.1) is 0 Å². The average Bonchev–Trinajstić information content (AvgIpc) is 2.69. The lowest BCUT2D eigenvalue weighted by Crippen LogP contribution is -2.30. The van der Waals surface area contributed by atoms with Gasteiger partial charge >= 0.3 is 0 Å². The monoisotopic (exact) mass is 363 g/mol. The molecule has 0 saturated carbocycles. The zero-order chi connectivity index (χ0) is 17.9. The summed E-state index contributed by atoms with van der Waals surface area (Å²) in [5.74, 6) is 0. The van der Waals surface area contributed by atoms with Crippen LogP contribution < -0.4 is 5.32 Å². The third kappa shape index (κ3) is 3.37. The summed E-state index contributed by atoms with van der Waals surface area (Å²) in [5, 5.41) is 14.6. The van der Waals surface area contributed by atoms with Crippen LogP contribution in [0.2, 0.25) is 5.02 Å². The van der Waals surface area contributed by atoms with Crippen LogP contribution in [0.5, 0.6) is 0 Å². The third-order valence-electron chi connectivity index (χ3n) is 4.75. The first kappa shape index (κ1) is 16.8. The quantitative estimate of drug-likeness (QED) is 0.704. The summed E-state index contributed by atoms with van der Waals surface area (Å²) < 4.78 is 5.96. The molecule has 0 amide bonds. The molecule has 0 aliphatic carbocycles. The summed E-state index contributed by atoms with van der Waals surface area (Å²) >= 11 is 6.17. The smallest absolute Gasteiger partial charge is 0.103 e. The topological polar surface area (TPSA) is 57.9 Å². The van der Waals surface area contributed by atoms with E-state index in [-0.39, 0.29) is 12.1 Å². The Morgan fingerprint density at radius 1 is 1.19 bits per heavy atom. The third-order valence-corrected chi connectivity index (χ3v) is 4.99. The number of aromatic nitrogens is 1. The summed E-state index contributed by atoms with van der Waals surface area (Å²) in [6.45, 7) is 0.683. The fourth-order valence-corrected chi connectivity index (χ4v) is 3.61. The molecule has 1 saturated heterocycles. The highest BCUT2D eigenvalue weighted by Gasteiger charge is 2.25. The highest BCUT2D eigenvalue weighted by Crippen LogP contribution is 2.33. The lowest BCUT2D eigenvalue weighted by Gasteiger charge is -2.31. The summed E-state index contributed by atoms with van der Waals surface area (Å²) in [7, 11) is 0. The summed E-state index contributed by atoms with van der Waals surface area (Å²) in [6.07, 6.45) is 3.41. The van der Waals surface area contributed by atoms with E-state index in [1.165, 1.54) is 5.56 Å². The van der Waals surface area contributed by atoms with E-state index in [2.05, 4.69) is 28.5 Å². The second kappa shape index (κ2) is 7.33. The molecule has 3 aromatic rings. The van der Waals surface area contributed by atoms with Crippen molar-refractivity contribution in [3.63, 3.8) is 0 Å². The fraction of sp³-hybridized carbons (Fsp3) is 0.238. The molecule has 5 heteroatoms. The van der Waals surface area contributed by atoms with Crippen molar-refractivity contribution < 1.29 is 4.74 Å². The Balaban J connectivity index is 1.64. The molecule has 2 aromatic carbocycles. The maximum absolute atomic E-state index is 9.52. The fourth-order valence-electron chi connectivity index (χ4n) is 3.44. The predicted molar refractivity (Wildman–Crippen MR) is 103 cm³/mol. The average molecular weight is 364 g/mol. The molecular formula is C21H18ClN3O. The minimum Gasteiger partial charge on any atom is -0.380 e. The minimum atomic E-state index is 0.0599. The Morgan fingerprint density at radius 3 is 2.85 bits per heavy atom. The number of hydrogen-bond acceptors (Lipinski definition) is 4. The van der Waals surface area contributed by atoms with E-state index >= 15 is 0 Å². The van der Waals surface area contributed by atoms with Gasteiger partial charge in [-0.2, -0.15) is 5.26 Å². The molecule has 0 spiro atoms. The maximum atomic E-state index is 9.52. The molecule has 0 radical (unpaired) electrons. The van der Waals surface area contributed by atoms with Gasteiger partial charge in [0.15, 0.2) is 0 Å². The number of ether oxygens (including phenoxy) is 1. The molecule has 0 bridgehead atoms. The van der Waals surface area contributed by atoms with Crippen molar-refractivity contribution >= 4 is 28.2 Å². The predicted octanol–water partition coefficient (Wildman–Crippen LogP) is 5.09. The van der Waals surface area contributed by atoms with Gasteiger partial charge < -0.3 is 10.1 Å². The summed E-state index contributed by atoms with van der Waals surface area (Å²) in [6, 6.07) is 18.3. The number of pyridine rings is 1. The van der Waals surface area contributed by atoms with Crippen molar-refractivity contribution in [2.75, 3.05) is 11.9 Å². The largest absolute Gasteiger partial charge is 0.380 e. The van der Waals surface area contributed by atoms with Crippen molar-refractivity contribution in [3.8, 4) is 6.07 Å². The first-order valence-electron chi connectivity index (χ1n) is 8.66. The van der Waals surface area contributed by atoms with Crippen LogP contribution in [-0.4, -0.2) is 17.6 Å². The first-order valence-corrected chi connectivity index (χ1v) is 9.04. The van der Waals surface area contributed by atoms with Crippen LogP contribution in [0.15, 0.2) is 54.7 Å². The van der Waals surface area contributed by atoms with Crippen molar-refractivity contribution in [1.29, 1.82) is 5.26 Å². The second-order valence-corrected chi connectivity index (χ2v) is 6.89. The number of anilines is 1. The molecule has 26 heavy (non-hydrogen) atoms. The zero-order valence-corrected chi connectivity index (χ0v) is 14.9. The van der Waals surface area contributed by atoms with Crippen molar-refractivity contribution in [3.05, 3.63) is 70.9 Å². The second-order valence-electron chi connectivity index (χ2n) is 6.46. The van der Waals surface area contributed by atoms with Gasteiger partial charge in [0.05, 0.1) is 22.9 Å². The van der Waals surface area contributed by atoms with Gasteiger partial charge in [0.1, 0.15) is 6.07 Å². The Bertz CT molecular complexity index is 968. The molecule has 4 nitrogen and oxygen atoms in total. The van der Waals surface area contributed by atoms with Gasteiger partial charge in [0.25, 0.3) is 0 Å². The van der Waals surface area contributed by atoms with Gasteiger partial charge in [0.2, 0.25) is 0 Å². The van der Waals surface area contributed by atoms with E-state index < -0.39 is 0 Å². The Labute approximate surface area is 157 Å². The Morgan fingerprint density at radius 2 is 2.04 bits per heavy atom. The van der Waals surface area contributed by atoms with Gasteiger partial charge in [-0.1, -0.05) is 41.9 Å². The molecule has 1 N–H and O–H groups in total. The maximum Gasteiger partial charge on any atom is 0.103 e. The Hall–Kier alpha value is -2.61. The highest BCUT2D eigenvalue weighted by atomic mass is 35.5. The van der Waals surface area contributed by atoms with E-state index in [0.717, 1.165) is 29.4 Å². The van der Waals surface area contributed by atoms with Crippen LogP contribution in [0.4, 0.5) is 5.69 Å². The van der Waals surface area contributed by atoms with E-state index in [0.29, 0.717) is 17.2 Å². The molecule has 2 heterocycles. The first-order chi connectivity index (χ1) is 12.7. The highest BCUT2D eigenvalue weighted by molar-refractivity contribution is 6.31. The molecule has 2 atom stereocenters. The number of nitrogens with one attached hydrogen (secondary N) is 1. The number of hydrogen-bond donors (Lipinski definition) is 1. The SMILES string of the molecule is N#Cc1cnc2ccc(Cl)cc2c1NC1CCOC(c2ccccc2)C1. The molecular weight excluding hydrogens is 346 g/mol. The minimum absolute atomic E-state index is 0.0599. The van der Waals surface area contributed by atoms with Crippen molar-refractivity contribution in [2.24, 2.45) is 0 Å². The van der Waals surface area contributed by atoms with Crippen LogP contribution in [-0.2, 0) is 4.74 Å². The number of nitrogens with zero attached hydrogens (tertiary/aromatic N) is 2. The Kier molecular flexibility index (Phi) is 4.75. The van der Waals surface area contributed by atoms with E-state index in [1.54, 1.807) is 6.20 Å². The zero-order valence-electron chi connectivity index (χ0n) is 14.2. The lowest BCUT2D eigenvalue weighted by molar-refractivity contribution is 0.00981. The number of benzene rings is 2. The molecule has 1 aliphatic rings.